The number of carboxylic acid groups (broad SMARTS) is 2. The van der Waals surface area contributed by atoms with E-state index in [1.807, 2.05) is 4.98 Å². The van der Waals surface area contributed by atoms with Gasteiger partial charge in [-0.1, -0.05) is 0 Å². The summed E-state index contributed by atoms with van der Waals surface area (Å²) < 4.78 is 0. The fourth-order valence-corrected chi connectivity index (χ4v) is 1.21. The van der Waals surface area contributed by atoms with Gasteiger partial charge in [0, 0.05) is 0 Å². The Labute approximate surface area is 104 Å². The lowest BCUT2D eigenvalue weighted by atomic mass is 10.2. The van der Waals surface area contributed by atoms with Crippen molar-refractivity contribution in [3.63, 3.8) is 0 Å². The number of hydrogen-bond acceptors (Lipinski definition) is 8. The van der Waals surface area contributed by atoms with Crippen molar-refractivity contribution in [1.29, 1.82) is 0 Å². The zero-order valence-corrected chi connectivity index (χ0v) is 9.28. The van der Waals surface area contributed by atoms with E-state index in [0.29, 0.717) is 0 Å². The molecular weight excluding hydrogens is 262 g/mol. The maximum absolute atomic E-state index is 11.3. The maximum atomic E-state index is 11.3. The van der Waals surface area contributed by atoms with Crippen LogP contribution in [0.5, 0.6) is 0 Å². The second-order valence-corrected chi connectivity index (χ2v) is 3.37. The number of aromatic amines is 1. The summed E-state index contributed by atoms with van der Waals surface area (Å²) in [5.41, 5.74) is 3.54. The topological polar surface area (TPSA) is 188 Å². The molecule has 11 heteroatoms. The van der Waals surface area contributed by atoms with Crippen LogP contribution >= 0.6 is 0 Å². The minimum absolute atomic E-state index is 0.376. The first kappa shape index (κ1) is 14.1. The van der Waals surface area contributed by atoms with Crippen molar-refractivity contribution in [2.75, 3.05) is 11.1 Å². The van der Waals surface area contributed by atoms with Gasteiger partial charge in [-0.05, 0) is 5.18 Å². The first-order valence-electron chi connectivity index (χ1n) is 4.79. The highest BCUT2D eigenvalue weighted by atomic mass is 16.4. The van der Waals surface area contributed by atoms with Gasteiger partial charge in [-0.3, -0.25) is 14.6 Å². The Balaban J connectivity index is 3.15. The van der Waals surface area contributed by atoms with E-state index in [9.17, 15) is 19.3 Å². The van der Waals surface area contributed by atoms with Crippen molar-refractivity contribution < 1.29 is 19.8 Å². The van der Waals surface area contributed by atoms with E-state index >= 15 is 0 Å². The second-order valence-electron chi connectivity index (χ2n) is 3.37. The molecule has 0 saturated heterocycles. The Hall–Kier alpha value is -2.98. The minimum atomic E-state index is -1.59. The molecule has 0 bridgehead atoms. The Morgan fingerprint density at radius 3 is 2.58 bits per heavy atom. The van der Waals surface area contributed by atoms with Crippen LogP contribution in [0.15, 0.2) is 9.97 Å². The summed E-state index contributed by atoms with van der Waals surface area (Å²) in [4.78, 5) is 48.6. The molecule has 102 valence electrons. The highest BCUT2D eigenvalue weighted by Gasteiger charge is 2.24. The third kappa shape index (κ3) is 3.49. The molecule has 0 aliphatic heterocycles. The van der Waals surface area contributed by atoms with E-state index in [1.54, 1.807) is 0 Å². The van der Waals surface area contributed by atoms with E-state index in [4.69, 9.17) is 15.9 Å². The van der Waals surface area contributed by atoms with Crippen molar-refractivity contribution in [1.82, 2.24) is 9.97 Å². The van der Waals surface area contributed by atoms with Gasteiger partial charge in [0.15, 0.2) is 5.82 Å². The molecule has 0 saturated carbocycles. The highest BCUT2D eigenvalue weighted by molar-refractivity contribution is 5.84. The number of nitrogen functional groups attached to an aromatic ring is 1. The van der Waals surface area contributed by atoms with Gasteiger partial charge < -0.3 is 21.3 Å². The van der Waals surface area contributed by atoms with E-state index in [0.717, 1.165) is 0 Å². The van der Waals surface area contributed by atoms with E-state index < -0.39 is 41.5 Å². The van der Waals surface area contributed by atoms with Gasteiger partial charge in [0.2, 0.25) is 11.6 Å². The van der Waals surface area contributed by atoms with Gasteiger partial charge >= 0.3 is 11.9 Å². The number of nitroso groups, excluding NO2 is 1. The lowest BCUT2D eigenvalue weighted by molar-refractivity contribution is -0.144. The molecule has 0 aliphatic rings. The number of H-pyrrole nitrogens is 1. The van der Waals surface area contributed by atoms with Crippen LogP contribution in [0.2, 0.25) is 0 Å². The van der Waals surface area contributed by atoms with Crippen molar-refractivity contribution in [2.45, 2.75) is 12.5 Å². The fourth-order valence-electron chi connectivity index (χ4n) is 1.21. The summed E-state index contributed by atoms with van der Waals surface area (Å²) in [7, 11) is 0. The van der Waals surface area contributed by atoms with Gasteiger partial charge in [-0.25, -0.2) is 4.79 Å². The van der Waals surface area contributed by atoms with Gasteiger partial charge in [-0.15, -0.1) is 4.91 Å². The van der Waals surface area contributed by atoms with Crippen LogP contribution < -0.4 is 16.6 Å². The number of aliphatic carboxylic acids is 2. The molecule has 0 amide bonds. The predicted molar refractivity (Wildman–Crippen MR) is 62.0 cm³/mol. The molecule has 1 aromatic heterocycles. The standard InChI is InChI=1S/C8H9N5O6/c9-8-11-5(4(13-19)6(16)12-8)10-2(7(17)18)1-3(14)15/h2H,1H2,(H,14,15)(H,17,18)(H4,9,10,11,12,16)/t2-/m0/s1. The monoisotopic (exact) mass is 271 g/mol. The average molecular weight is 271 g/mol. The number of nitrogens with two attached hydrogens (primary N) is 1. The minimum Gasteiger partial charge on any atom is -0.481 e. The summed E-state index contributed by atoms with van der Waals surface area (Å²) in [6, 6.07) is -1.59. The van der Waals surface area contributed by atoms with Crippen molar-refractivity contribution in [3.8, 4) is 0 Å². The van der Waals surface area contributed by atoms with Crippen molar-refractivity contribution in [3.05, 3.63) is 15.3 Å². The number of nitrogens with one attached hydrogen (secondary N) is 2. The van der Waals surface area contributed by atoms with E-state index in [1.165, 1.54) is 0 Å². The largest absolute Gasteiger partial charge is 0.481 e. The number of hydrogen-bond donors (Lipinski definition) is 5. The van der Waals surface area contributed by atoms with Gasteiger partial charge in [-0.2, -0.15) is 4.98 Å². The zero-order chi connectivity index (χ0) is 14.6. The first-order valence-corrected chi connectivity index (χ1v) is 4.79. The molecule has 0 fully saturated rings. The number of carboxylic acids is 2. The molecule has 19 heavy (non-hydrogen) atoms. The lowest BCUT2D eigenvalue weighted by Crippen LogP contribution is -2.33. The van der Waals surface area contributed by atoms with Crippen molar-refractivity contribution >= 4 is 29.4 Å². The highest BCUT2D eigenvalue weighted by Crippen LogP contribution is 2.19. The molecular formula is C8H9N5O6. The predicted octanol–water partition coefficient (Wildman–Crippen LogP) is -0.910. The fraction of sp³-hybridized carbons (Fsp3) is 0.250. The number of rotatable bonds is 6. The van der Waals surface area contributed by atoms with Crippen molar-refractivity contribution in [2.24, 2.45) is 5.18 Å². The Kier molecular flexibility index (Phi) is 4.13. The molecule has 0 aliphatic carbocycles. The zero-order valence-electron chi connectivity index (χ0n) is 9.28. The SMILES string of the molecule is Nc1nc(N[C@@H](CC(=O)O)C(=O)O)c(N=O)c(=O)[nH]1. The van der Waals surface area contributed by atoms with Gasteiger partial charge in [0.25, 0.3) is 5.56 Å². The third-order valence-electron chi connectivity index (χ3n) is 1.99. The van der Waals surface area contributed by atoms with Gasteiger partial charge in [0.05, 0.1) is 6.42 Å². The number of aromatic nitrogens is 2. The molecule has 6 N–H and O–H groups in total. The van der Waals surface area contributed by atoms with Crippen LogP contribution in [-0.2, 0) is 9.59 Å². The molecule has 1 heterocycles. The Morgan fingerprint density at radius 2 is 2.11 bits per heavy atom. The average Bonchev–Trinajstić information content (AvgIpc) is 2.26. The molecule has 1 aromatic rings. The molecule has 0 radical (unpaired) electrons. The van der Waals surface area contributed by atoms with Crippen LogP contribution in [0.1, 0.15) is 6.42 Å². The van der Waals surface area contributed by atoms with E-state index in [2.05, 4.69) is 15.5 Å². The van der Waals surface area contributed by atoms with Crippen LogP contribution in [-0.4, -0.2) is 38.2 Å². The van der Waals surface area contributed by atoms with Gasteiger partial charge in [0.1, 0.15) is 6.04 Å². The number of anilines is 2. The number of nitrogens with zero attached hydrogens (tertiary/aromatic N) is 2. The lowest BCUT2D eigenvalue weighted by Gasteiger charge is -2.13. The smallest absolute Gasteiger partial charge is 0.326 e. The van der Waals surface area contributed by atoms with E-state index in [-0.39, 0.29) is 5.95 Å². The van der Waals surface area contributed by atoms with Crippen LogP contribution in [0, 0.1) is 4.91 Å². The molecule has 1 atom stereocenters. The quantitative estimate of drug-likeness (QED) is 0.408. The summed E-state index contributed by atoms with van der Waals surface area (Å²) in [5.74, 6) is -3.76. The molecule has 0 aromatic carbocycles. The Bertz CT molecular complexity index is 581. The summed E-state index contributed by atoms with van der Waals surface area (Å²) in [5, 5.41) is 21.9. The third-order valence-corrected chi connectivity index (χ3v) is 1.99. The Morgan fingerprint density at radius 1 is 1.47 bits per heavy atom. The number of carbonyl (C=O) groups is 2. The first-order chi connectivity index (χ1) is 8.85. The maximum Gasteiger partial charge on any atom is 0.326 e. The van der Waals surface area contributed by atoms with Crippen LogP contribution in [0.25, 0.3) is 0 Å². The van der Waals surface area contributed by atoms with Crippen LogP contribution in [0.3, 0.4) is 0 Å². The summed E-state index contributed by atoms with van der Waals surface area (Å²) in [6.07, 6.45) is -0.790. The summed E-state index contributed by atoms with van der Waals surface area (Å²) >= 11 is 0. The molecule has 0 unspecified atom stereocenters. The molecule has 1 rings (SSSR count). The summed E-state index contributed by atoms with van der Waals surface area (Å²) in [6.45, 7) is 0. The molecule has 0 spiro atoms. The van der Waals surface area contributed by atoms with Crippen LogP contribution in [0.4, 0.5) is 17.5 Å². The normalized spacial score (nSPS) is 11.6. The molecule has 11 nitrogen and oxygen atoms in total. The second kappa shape index (κ2) is 5.57.